The van der Waals surface area contributed by atoms with Crippen LogP contribution in [0.2, 0.25) is 0 Å². The molecule has 0 aromatic heterocycles. The summed E-state index contributed by atoms with van der Waals surface area (Å²) in [5, 5.41) is 3.23. The number of nitrogens with two attached hydrogens (primary N) is 1. The monoisotopic (exact) mass is 146 g/mol. The maximum Gasteiger partial charge on any atom is 0.0667 e. The molecule has 3 N–H and O–H groups in total. The molecule has 3 nitrogen and oxygen atoms in total. The molecule has 3 heteroatoms. The van der Waals surface area contributed by atoms with Gasteiger partial charge in [-0.2, -0.15) is 0 Å². The molecule has 0 amide bonds. The molecule has 0 saturated carbocycles. The van der Waals surface area contributed by atoms with E-state index in [4.69, 9.17) is 10.5 Å². The summed E-state index contributed by atoms with van der Waals surface area (Å²) < 4.78 is 5.04. The molecule has 0 spiro atoms. The minimum absolute atomic E-state index is 0.272. The van der Waals surface area contributed by atoms with Gasteiger partial charge >= 0.3 is 0 Å². The van der Waals surface area contributed by atoms with Crippen molar-refractivity contribution >= 4 is 0 Å². The Morgan fingerprint density at radius 2 is 2.10 bits per heavy atom. The Balaban J connectivity index is 3.17. The normalized spacial score (nSPS) is 16.8. The minimum Gasteiger partial charge on any atom is -0.380 e. The molecule has 0 radical (unpaired) electrons. The molecule has 0 aromatic rings. The molecule has 0 rings (SSSR count). The van der Waals surface area contributed by atoms with Crippen molar-refractivity contribution in [3.63, 3.8) is 0 Å². The van der Waals surface area contributed by atoms with Crippen LogP contribution in [0, 0.1) is 0 Å². The lowest BCUT2D eigenvalue weighted by Crippen LogP contribution is -2.37. The van der Waals surface area contributed by atoms with Crippen LogP contribution in [0.25, 0.3) is 0 Å². The van der Waals surface area contributed by atoms with E-state index < -0.39 is 0 Å². The largest absolute Gasteiger partial charge is 0.380 e. The number of hydrogen-bond acceptors (Lipinski definition) is 3. The first kappa shape index (κ1) is 9.88. The Bertz CT molecular complexity index is 68.0. The summed E-state index contributed by atoms with van der Waals surface area (Å²) in [6, 6.07) is 0.387. The lowest BCUT2D eigenvalue weighted by molar-refractivity contribution is 0.115. The standard InChI is InChI=1S/C7H18N2O/c1-6(4-8)9-5-7(2)10-3/h6-7,9H,4-5,8H2,1-3H3. The molecular formula is C7H18N2O. The third kappa shape index (κ3) is 4.73. The van der Waals surface area contributed by atoms with Crippen molar-refractivity contribution in [2.75, 3.05) is 20.2 Å². The highest BCUT2D eigenvalue weighted by Gasteiger charge is 2.01. The fourth-order valence-electron chi connectivity index (χ4n) is 0.534. The van der Waals surface area contributed by atoms with Gasteiger partial charge in [-0.05, 0) is 13.8 Å². The smallest absolute Gasteiger partial charge is 0.0667 e. The second-order valence-corrected chi connectivity index (χ2v) is 2.59. The first-order chi connectivity index (χ1) is 4.70. The fraction of sp³-hybridized carbons (Fsp3) is 1.00. The Kier molecular flexibility index (Phi) is 5.58. The van der Waals surface area contributed by atoms with Crippen LogP contribution >= 0.6 is 0 Å². The lowest BCUT2D eigenvalue weighted by atomic mass is 10.3. The quantitative estimate of drug-likeness (QED) is 0.572. The predicted octanol–water partition coefficient (Wildman–Crippen LogP) is -0.0419. The zero-order valence-electron chi connectivity index (χ0n) is 7.05. The van der Waals surface area contributed by atoms with E-state index in [1.54, 1.807) is 7.11 Å². The molecule has 0 aliphatic rings. The van der Waals surface area contributed by atoms with Gasteiger partial charge in [-0.15, -0.1) is 0 Å². The Hall–Kier alpha value is -0.120. The SMILES string of the molecule is COC(C)CNC(C)CN. The van der Waals surface area contributed by atoms with Crippen molar-refractivity contribution in [3.8, 4) is 0 Å². The van der Waals surface area contributed by atoms with Crippen LogP contribution in [0.15, 0.2) is 0 Å². The zero-order valence-corrected chi connectivity index (χ0v) is 7.05. The average molecular weight is 146 g/mol. The molecule has 0 saturated heterocycles. The van der Waals surface area contributed by atoms with Crippen molar-refractivity contribution in [1.29, 1.82) is 0 Å². The van der Waals surface area contributed by atoms with Crippen molar-refractivity contribution < 1.29 is 4.74 Å². The van der Waals surface area contributed by atoms with E-state index in [1.807, 2.05) is 6.92 Å². The van der Waals surface area contributed by atoms with E-state index >= 15 is 0 Å². The van der Waals surface area contributed by atoms with Gasteiger partial charge in [-0.3, -0.25) is 0 Å². The van der Waals surface area contributed by atoms with Crippen LogP contribution in [0.1, 0.15) is 13.8 Å². The minimum atomic E-state index is 0.272. The van der Waals surface area contributed by atoms with Crippen molar-refractivity contribution in [3.05, 3.63) is 0 Å². The van der Waals surface area contributed by atoms with Gasteiger partial charge in [0.2, 0.25) is 0 Å². The van der Waals surface area contributed by atoms with Crippen molar-refractivity contribution in [2.45, 2.75) is 26.0 Å². The van der Waals surface area contributed by atoms with Crippen LogP contribution in [0.3, 0.4) is 0 Å². The lowest BCUT2D eigenvalue weighted by Gasteiger charge is -2.14. The second-order valence-electron chi connectivity index (χ2n) is 2.59. The molecule has 2 unspecified atom stereocenters. The second kappa shape index (κ2) is 5.65. The molecule has 62 valence electrons. The zero-order chi connectivity index (χ0) is 7.98. The first-order valence-electron chi connectivity index (χ1n) is 3.67. The van der Waals surface area contributed by atoms with Crippen molar-refractivity contribution in [1.82, 2.24) is 5.32 Å². The van der Waals surface area contributed by atoms with Gasteiger partial charge in [0.25, 0.3) is 0 Å². The van der Waals surface area contributed by atoms with Gasteiger partial charge in [0, 0.05) is 26.2 Å². The first-order valence-corrected chi connectivity index (χ1v) is 3.67. The van der Waals surface area contributed by atoms with E-state index in [0.29, 0.717) is 12.6 Å². The summed E-state index contributed by atoms with van der Waals surface area (Å²) in [4.78, 5) is 0. The fourth-order valence-corrected chi connectivity index (χ4v) is 0.534. The maximum atomic E-state index is 5.40. The Morgan fingerprint density at radius 1 is 1.50 bits per heavy atom. The Morgan fingerprint density at radius 3 is 2.50 bits per heavy atom. The summed E-state index contributed by atoms with van der Waals surface area (Å²) in [5.74, 6) is 0. The third-order valence-corrected chi connectivity index (χ3v) is 1.51. The number of methoxy groups -OCH3 is 1. The van der Waals surface area contributed by atoms with Gasteiger partial charge < -0.3 is 15.8 Å². The van der Waals surface area contributed by atoms with Crippen LogP contribution in [0.5, 0.6) is 0 Å². The van der Waals surface area contributed by atoms with E-state index in [1.165, 1.54) is 0 Å². The molecule has 0 aliphatic carbocycles. The van der Waals surface area contributed by atoms with Gasteiger partial charge in [0.15, 0.2) is 0 Å². The van der Waals surface area contributed by atoms with Crippen LogP contribution in [-0.2, 0) is 4.74 Å². The summed E-state index contributed by atoms with van der Waals surface area (Å²) >= 11 is 0. The van der Waals surface area contributed by atoms with Gasteiger partial charge in [-0.25, -0.2) is 0 Å². The molecule has 0 fully saturated rings. The molecule has 0 bridgehead atoms. The van der Waals surface area contributed by atoms with Gasteiger partial charge in [0.05, 0.1) is 6.10 Å². The molecular weight excluding hydrogens is 128 g/mol. The molecule has 10 heavy (non-hydrogen) atoms. The van der Waals surface area contributed by atoms with Gasteiger partial charge in [-0.1, -0.05) is 0 Å². The molecule has 0 aliphatic heterocycles. The average Bonchev–Trinajstić information content (AvgIpc) is 1.99. The van der Waals surface area contributed by atoms with Crippen LogP contribution in [0.4, 0.5) is 0 Å². The third-order valence-electron chi connectivity index (χ3n) is 1.51. The summed E-state index contributed by atoms with van der Waals surface area (Å²) in [7, 11) is 1.71. The summed E-state index contributed by atoms with van der Waals surface area (Å²) in [6.07, 6.45) is 0.272. The van der Waals surface area contributed by atoms with Crippen LogP contribution < -0.4 is 11.1 Å². The van der Waals surface area contributed by atoms with E-state index in [9.17, 15) is 0 Å². The number of rotatable bonds is 5. The van der Waals surface area contributed by atoms with E-state index in [2.05, 4.69) is 12.2 Å². The van der Waals surface area contributed by atoms with Gasteiger partial charge in [0.1, 0.15) is 0 Å². The topological polar surface area (TPSA) is 47.3 Å². The Labute approximate surface area is 62.9 Å². The highest BCUT2D eigenvalue weighted by Crippen LogP contribution is 1.85. The highest BCUT2D eigenvalue weighted by atomic mass is 16.5. The maximum absolute atomic E-state index is 5.40. The van der Waals surface area contributed by atoms with E-state index in [0.717, 1.165) is 6.54 Å². The number of hydrogen-bond donors (Lipinski definition) is 2. The summed E-state index contributed by atoms with van der Waals surface area (Å²) in [6.45, 7) is 5.63. The molecule has 0 aromatic carbocycles. The summed E-state index contributed by atoms with van der Waals surface area (Å²) in [5.41, 5.74) is 5.40. The van der Waals surface area contributed by atoms with Crippen LogP contribution in [-0.4, -0.2) is 32.3 Å². The van der Waals surface area contributed by atoms with E-state index in [-0.39, 0.29) is 6.10 Å². The number of nitrogens with one attached hydrogen (secondary N) is 1. The van der Waals surface area contributed by atoms with Crippen molar-refractivity contribution in [2.24, 2.45) is 5.73 Å². The predicted molar refractivity (Wildman–Crippen MR) is 43.0 cm³/mol. The molecule has 0 heterocycles. The number of ether oxygens (including phenoxy) is 1. The highest BCUT2D eigenvalue weighted by molar-refractivity contribution is 4.62. The molecule has 2 atom stereocenters.